The molecule has 0 aliphatic heterocycles. The number of aromatic nitrogens is 4. The summed E-state index contributed by atoms with van der Waals surface area (Å²) in [6.07, 6.45) is 7.98. The lowest BCUT2D eigenvalue weighted by molar-refractivity contribution is 0.664. The molecule has 0 saturated heterocycles. The summed E-state index contributed by atoms with van der Waals surface area (Å²) in [6.45, 7) is 2.95. The number of anilines is 2. The molecule has 0 aromatic carbocycles. The van der Waals surface area contributed by atoms with Gasteiger partial charge in [-0.2, -0.15) is 4.98 Å². The molecule has 0 radical (unpaired) electrons. The predicted octanol–water partition coefficient (Wildman–Crippen LogP) is 0.935. The van der Waals surface area contributed by atoms with Gasteiger partial charge in [-0.15, -0.1) is 0 Å². The first kappa shape index (κ1) is 10.4. The Kier molecular flexibility index (Phi) is 3.00. The van der Waals surface area contributed by atoms with E-state index in [0.29, 0.717) is 0 Å². The Morgan fingerprint density at radius 2 is 2.31 bits per heavy atom. The van der Waals surface area contributed by atoms with Crippen LogP contribution in [0.5, 0.6) is 0 Å². The van der Waals surface area contributed by atoms with Gasteiger partial charge in [-0.05, 0) is 6.42 Å². The van der Waals surface area contributed by atoms with Crippen molar-refractivity contribution in [2.24, 2.45) is 0 Å². The van der Waals surface area contributed by atoms with Crippen molar-refractivity contribution < 1.29 is 0 Å². The van der Waals surface area contributed by atoms with Gasteiger partial charge in [-0.1, -0.05) is 6.92 Å². The topological polar surface area (TPSA) is 72.9 Å². The Hall–Kier alpha value is -2.11. The molecule has 2 aromatic rings. The van der Waals surface area contributed by atoms with Crippen LogP contribution in [0.3, 0.4) is 0 Å². The summed E-state index contributed by atoms with van der Waals surface area (Å²) < 4.78 is 1.88. The van der Waals surface area contributed by atoms with Crippen LogP contribution < -0.4 is 10.7 Å². The van der Waals surface area contributed by atoms with Crippen molar-refractivity contribution in [1.82, 2.24) is 19.6 Å². The van der Waals surface area contributed by atoms with Crippen LogP contribution in [-0.4, -0.2) is 26.2 Å². The van der Waals surface area contributed by atoms with Crippen molar-refractivity contribution in [3.05, 3.63) is 31.0 Å². The van der Waals surface area contributed by atoms with E-state index in [1.165, 1.54) is 0 Å². The zero-order valence-corrected chi connectivity index (χ0v) is 9.11. The first-order chi connectivity index (χ1) is 7.81. The molecule has 0 bridgehead atoms. The minimum absolute atomic E-state index is 0.277. The van der Waals surface area contributed by atoms with E-state index in [1.807, 2.05) is 21.9 Å². The number of nitrogens with two attached hydrogens (primary N) is 1. The molecule has 0 saturated carbocycles. The third-order valence-corrected chi connectivity index (χ3v) is 2.13. The van der Waals surface area contributed by atoms with Gasteiger partial charge in [0.25, 0.3) is 0 Å². The minimum atomic E-state index is 0.277. The molecule has 0 fully saturated rings. The average molecular weight is 218 g/mol. The molecule has 16 heavy (non-hydrogen) atoms. The van der Waals surface area contributed by atoms with Crippen LogP contribution in [0.15, 0.2) is 31.0 Å². The van der Waals surface area contributed by atoms with Crippen LogP contribution in [0.2, 0.25) is 0 Å². The number of hydrogen-bond acceptors (Lipinski definition) is 5. The zero-order valence-electron chi connectivity index (χ0n) is 9.11. The molecule has 2 rings (SSSR count). The fourth-order valence-electron chi connectivity index (χ4n) is 1.46. The van der Waals surface area contributed by atoms with E-state index in [4.69, 9.17) is 5.73 Å². The summed E-state index contributed by atoms with van der Waals surface area (Å²) in [5.74, 6) is 1.05. The van der Waals surface area contributed by atoms with E-state index < -0.39 is 0 Å². The van der Waals surface area contributed by atoms with Gasteiger partial charge in [-0.25, -0.2) is 14.6 Å². The van der Waals surface area contributed by atoms with Gasteiger partial charge in [-0.3, -0.25) is 5.01 Å². The fraction of sp³-hybridized carbons (Fsp3) is 0.300. The number of rotatable bonds is 4. The maximum absolute atomic E-state index is 5.57. The third kappa shape index (κ3) is 2.10. The van der Waals surface area contributed by atoms with Crippen LogP contribution in [0.4, 0.5) is 11.8 Å². The molecule has 0 spiro atoms. The van der Waals surface area contributed by atoms with Crippen molar-refractivity contribution in [2.45, 2.75) is 13.3 Å². The Balaban J connectivity index is 2.33. The molecule has 0 aliphatic rings. The van der Waals surface area contributed by atoms with E-state index in [2.05, 4.69) is 21.9 Å². The summed E-state index contributed by atoms with van der Waals surface area (Å²) in [5, 5.41) is 1.99. The van der Waals surface area contributed by atoms with Gasteiger partial charge in [0.05, 0.1) is 0 Å². The second-order valence-corrected chi connectivity index (χ2v) is 3.34. The fourth-order valence-corrected chi connectivity index (χ4v) is 1.46. The molecule has 2 N–H and O–H groups in total. The van der Waals surface area contributed by atoms with Gasteiger partial charge in [0.2, 0.25) is 5.95 Å². The van der Waals surface area contributed by atoms with Crippen molar-refractivity contribution in [1.29, 1.82) is 0 Å². The van der Waals surface area contributed by atoms with E-state index in [0.717, 1.165) is 18.8 Å². The summed E-state index contributed by atoms with van der Waals surface area (Å²) in [5.41, 5.74) is 5.57. The lowest BCUT2D eigenvalue weighted by Gasteiger charge is -2.23. The van der Waals surface area contributed by atoms with E-state index in [9.17, 15) is 0 Å². The number of nitrogen functional groups attached to an aromatic ring is 1. The maximum Gasteiger partial charge on any atom is 0.221 e. The largest absolute Gasteiger partial charge is 0.368 e. The van der Waals surface area contributed by atoms with Gasteiger partial charge < -0.3 is 5.73 Å². The predicted molar refractivity (Wildman–Crippen MR) is 61.7 cm³/mol. The highest BCUT2D eigenvalue weighted by molar-refractivity contribution is 5.40. The number of nitrogens with zero attached hydrogens (tertiary/aromatic N) is 5. The second-order valence-electron chi connectivity index (χ2n) is 3.34. The van der Waals surface area contributed by atoms with Crippen LogP contribution in [-0.2, 0) is 0 Å². The molecule has 6 nitrogen and oxygen atoms in total. The van der Waals surface area contributed by atoms with Gasteiger partial charge in [0, 0.05) is 31.2 Å². The molecule has 0 amide bonds. The minimum Gasteiger partial charge on any atom is -0.368 e. The zero-order chi connectivity index (χ0) is 11.4. The Morgan fingerprint density at radius 1 is 1.44 bits per heavy atom. The number of imidazole rings is 1. The SMILES string of the molecule is CCCN(c1ccnc(N)n1)n1ccnc1. The molecular weight excluding hydrogens is 204 g/mol. The molecule has 0 atom stereocenters. The molecule has 84 valence electrons. The molecule has 0 unspecified atom stereocenters. The quantitative estimate of drug-likeness (QED) is 0.826. The van der Waals surface area contributed by atoms with Gasteiger partial charge >= 0.3 is 0 Å². The second kappa shape index (κ2) is 4.61. The average Bonchev–Trinajstić information content (AvgIpc) is 2.79. The van der Waals surface area contributed by atoms with Crippen LogP contribution in [0.1, 0.15) is 13.3 Å². The van der Waals surface area contributed by atoms with Crippen LogP contribution in [0, 0.1) is 0 Å². The highest BCUT2D eigenvalue weighted by Gasteiger charge is 2.08. The smallest absolute Gasteiger partial charge is 0.221 e. The maximum atomic E-state index is 5.57. The van der Waals surface area contributed by atoms with Crippen molar-refractivity contribution in [3.8, 4) is 0 Å². The van der Waals surface area contributed by atoms with E-state index >= 15 is 0 Å². The van der Waals surface area contributed by atoms with Gasteiger partial charge in [0.15, 0.2) is 5.82 Å². The van der Waals surface area contributed by atoms with E-state index in [-0.39, 0.29) is 5.95 Å². The molecule has 2 aromatic heterocycles. The number of hydrogen-bond donors (Lipinski definition) is 1. The third-order valence-electron chi connectivity index (χ3n) is 2.13. The Bertz CT molecular complexity index is 438. The lowest BCUT2D eigenvalue weighted by atomic mass is 10.4. The first-order valence-electron chi connectivity index (χ1n) is 5.15. The summed E-state index contributed by atoms with van der Waals surface area (Å²) in [6, 6.07) is 1.83. The standard InChI is InChI=1S/C10H14N6/c1-2-6-16(15-7-5-12-8-15)9-3-4-13-10(11)14-9/h3-5,7-8H,2,6H2,1H3,(H2,11,13,14). The summed E-state index contributed by atoms with van der Waals surface area (Å²) >= 11 is 0. The summed E-state index contributed by atoms with van der Waals surface area (Å²) in [7, 11) is 0. The highest BCUT2D eigenvalue weighted by Crippen LogP contribution is 2.12. The monoisotopic (exact) mass is 218 g/mol. The molecular formula is C10H14N6. The van der Waals surface area contributed by atoms with Crippen molar-refractivity contribution >= 4 is 11.8 Å². The summed E-state index contributed by atoms with van der Waals surface area (Å²) in [4.78, 5) is 12.1. The van der Waals surface area contributed by atoms with Crippen LogP contribution >= 0.6 is 0 Å². The van der Waals surface area contributed by atoms with E-state index in [1.54, 1.807) is 18.7 Å². The van der Waals surface area contributed by atoms with Gasteiger partial charge in [0.1, 0.15) is 6.33 Å². The first-order valence-corrected chi connectivity index (χ1v) is 5.15. The molecule has 2 heterocycles. The van der Waals surface area contributed by atoms with Crippen LogP contribution in [0.25, 0.3) is 0 Å². The lowest BCUT2D eigenvalue weighted by Crippen LogP contribution is -2.30. The molecule has 6 heteroatoms. The molecule has 0 aliphatic carbocycles. The van der Waals surface area contributed by atoms with Crippen molar-refractivity contribution in [3.63, 3.8) is 0 Å². The normalized spacial score (nSPS) is 10.3. The van der Waals surface area contributed by atoms with Crippen molar-refractivity contribution in [2.75, 3.05) is 17.3 Å². The Morgan fingerprint density at radius 3 is 2.94 bits per heavy atom. The Labute approximate surface area is 93.7 Å². The highest BCUT2D eigenvalue weighted by atomic mass is 15.6.